The third-order valence-corrected chi connectivity index (χ3v) is 3.67. The molecule has 4 rings (SSSR count). The van der Waals surface area contributed by atoms with Gasteiger partial charge in [0.1, 0.15) is 5.52 Å². The predicted molar refractivity (Wildman–Crippen MR) is 78.9 cm³/mol. The molecule has 0 amide bonds. The van der Waals surface area contributed by atoms with E-state index in [1.54, 1.807) is 0 Å². The lowest BCUT2D eigenvalue weighted by Crippen LogP contribution is -1.91. The van der Waals surface area contributed by atoms with E-state index >= 15 is 0 Å². The number of aromatic nitrogens is 3. The first-order valence-electron chi connectivity index (χ1n) is 6.38. The first-order chi connectivity index (χ1) is 9.79. The standard InChI is InChI=1S/C16H11N3O/c1-19-13-8-4-5-10(9-20)14(13)15-16(19)18-12-7-3-2-6-11(12)17-15/h2-9H,1H3. The summed E-state index contributed by atoms with van der Waals surface area (Å²) in [6.45, 7) is 0. The summed E-state index contributed by atoms with van der Waals surface area (Å²) in [5.41, 5.74) is 4.90. The van der Waals surface area contributed by atoms with Gasteiger partial charge in [0.2, 0.25) is 0 Å². The average Bonchev–Trinajstić information content (AvgIpc) is 2.78. The third-order valence-electron chi connectivity index (χ3n) is 3.67. The van der Waals surface area contributed by atoms with E-state index in [2.05, 4.69) is 4.98 Å². The fourth-order valence-electron chi connectivity index (χ4n) is 2.70. The van der Waals surface area contributed by atoms with Gasteiger partial charge in [0.05, 0.1) is 16.6 Å². The highest BCUT2D eigenvalue weighted by atomic mass is 16.1. The number of rotatable bonds is 1. The predicted octanol–water partition coefficient (Wildman–Crippen LogP) is 3.09. The molecule has 0 saturated carbocycles. The highest BCUT2D eigenvalue weighted by molar-refractivity contribution is 6.13. The molecule has 0 atom stereocenters. The molecule has 0 aliphatic carbocycles. The van der Waals surface area contributed by atoms with Gasteiger partial charge in [-0.15, -0.1) is 0 Å². The van der Waals surface area contributed by atoms with E-state index in [0.717, 1.165) is 39.4 Å². The largest absolute Gasteiger partial charge is 0.327 e. The summed E-state index contributed by atoms with van der Waals surface area (Å²) in [4.78, 5) is 20.6. The highest BCUT2D eigenvalue weighted by Crippen LogP contribution is 2.29. The van der Waals surface area contributed by atoms with Crippen LogP contribution in [0, 0.1) is 0 Å². The highest BCUT2D eigenvalue weighted by Gasteiger charge is 2.14. The van der Waals surface area contributed by atoms with Gasteiger partial charge in [0.25, 0.3) is 0 Å². The lowest BCUT2D eigenvalue weighted by molar-refractivity contribution is 0.112. The van der Waals surface area contributed by atoms with Crippen LogP contribution in [0.2, 0.25) is 0 Å². The molecule has 0 radical (unpaired) electrons. The molecule has 4 nitrogen and oxygen atoms in total. The number of aryl methyl sites for hydroxylation is 1. The molecular formula is C16H11N3O. The Kier molecular flexibility index (Phi) is 2.15. The second kappa shape index (κ2) is 3.87. The van der Waals surface area contributed by atoms with Crippen LogP contribution in [0.1, 0.15) is 10.4 Å². The summed E-state index contributed by atoms with van der Waals surface area (Å²) in [7, 11) is 1.95. The molecule has 2 aromatic heterocycles. The molecule has 20 heavy (non-hydrogen) atoms. The topological polar surface area (TPSA) is 47.8 Å². The zero-order valence-corrected chi connectivity index (χ0v) is 10.9. The summed E-state index contributed by atoms with van der Waals surface area (Å²) in [5.74, 6) is 0. The molecule has 0 saturated heterocycles. The summed E-state index contributed by atoms with van der Waals surface area (Å²) in [6, 6.07) is 13.4. The molecule has 96 valence electrons. The van der Waals surface area contributed by atoms with Crippen molar-refractivity contribution in [2.45, 2.75) is 0 Å². The number of nitrogens with zero attached hydrogens (tertiary/aromatic N) is 3. The van der Waals surface area contributed by atoms with Gasteiger partial charge in [-0.1, -0.05) is 24.3 Å². The average molecular weight is 261 g/mol. The van der Waals surface area contributed by atoms with Crippen molar-refractivity contribution in [1.29, 1.82) is 0 Å². The van der Waals surface area contributed by atoms with Crippen LogP contribution >= 0.6 is 0 Å². The van der Waals surface area contributed by atoms with Gasteiger partial charge in [0, 0.05) is 18.0 Å². The monoisotopic (exact) mass is 261 g/mol. The minimum atomic E-state index is 0.651. The number of fused-ring (bicyclic) bond motifs is 4. The Bertz CT molecular complexity index is 985. The first-order valence-corrected chi connectivity index (χ1v) is 6.38. The van der Waals surface area contributed by atoms with Crippen molar-refractivity contribution in [2.75, 3.05) is 0 Å². The minimum absolute atomic E-state index is 0.651. The SMILES string of the molecule is Cn1c2cccc(C=O)c2c2nc3ccccc3nc21. The fraction of sp³-hybridized carbons (Fsp3) is 0.0625. The fourth-order valence-corrected chi connectivity index (χ4v) is 2.70. The maximum Gasteiger partial charge on any atom is 0.160 e. The maximum atomic E-state index is 11.3. The number of carbonyl (C=O) groups excluding carboxylic acids is 1. The van der Waals surface area contributed by atoms with E-state index in [-0.39, 0.29) is 0 Å². The molecule has 0 fully saturated rings. The molecule has 0 unspecified atom stereocenters. The van der Waals surface area contributed by atoms with Crippen LogP contribution in [0.5, 0.6) is 0 Å². The van der Waals surface area contributed by atoms with E-state index in [0.29, 0.717) is 5.56 Å². The lowest BCUT2D eigenvalue weighted by atomic mass is 10.1. The molecule has 2 aromatic carbocycles. The van der Waals surface area contributed by atoms with Gasteiger partial charge in [-0.05, 0) is 18.2 Å². The molecule has 0 N–H and O–H groups in total. The first kappa shape index (κ1) is 11.1. The Balaban J connectivity index is 2.32. The lowest BCUT2D eigenvalue weighted by Gasteiger charge is -1.98. The molecule has 0 spiro atoms. The zero-order valence-electron chi connectivity index (χ0n) is 10.9. The Labute approximate surface area is 114 Å². The maximum absolute atomic E-state index is 11.3. The van der Waals surface area contributed by atoms with Crippen LogP contribution in [0.25, 0.3) is 33.1 Å². The van der Waals surface area contributed by atoms with E-state index in [9.17, 15) is 4.79 Å². The van der Waals surface area contributed by atoms with Crippen molar-refractivity contribution in [1.82, 2.24) is 14.5 Å². The second-order valence-corrected chi connectivity index (χ2v) is 4.80. The van der Waals surface area contributed by atoms with Crippen LogP contribution in [0.4, 0.5) is 0 Å². The summed E-state index contributed by atoms with van der Waals surface area (Å²) in [6.07, 6.45) is 0.874. The van der Waals surface area contributed by atoms with Crippen LogP contribution in [-0.4, -0.2) is 20.8 Å². The van der Waals surface area contributed by atoms with Gasteiger partial charge in [-0.3, -0.25) is 4.79 Å². The Morgan fingerprint density at radius 1 is 1.00 bits per heavy atom. The number of hydrogen-bond donors (Lipinski definition) is 0. The molecule has 0 aliphatic heterocycles. The molecule has 2 heterocycles. The van der Waals surface area contributed by atoms with Crippen molar-refractivity contribution < 1.29 is 4.79 Å². The minimum Gasteiger partial charge on any atom is -0.327 e. The van der Waals surface area contributed by atoms with Crippen molar-refractivity contribution in [3.8, 4) is 0 Å². The number of hydrogen-bond acceptors (Lipinski definition) is 3. The Morgan fingerprint density at radius 2 is 1.75 bits per heavy atom. The van der Waals surface area contributed by atoms with Gasteiger partial charge in [-0.2, -0.15) is 0 Å². The summed E-state index contributed by atoms with van der Waals surface area (Å²) in [5, 5.41) is 0.873. The van der Waals surface area contributed by atoms with Crippen molar-refractivity contribution in [3.05, 3.63) is 48.0 Å². The Hall–Kier alpha value is -2.75. The van der Waals surface area contributed by atoms with Gasteiger partial charge in [0.15, 0.2) is 11.9 Å². The molecular weight excluding hydrogens is 250 g/mol. The van der Waals surface area contributed by atoms with Crippen molar-refractivity contribution >= 4 is 39.4 Å². The molecule has 0 aliphatic rings. The Morgan fingerprint density at radius 3 is 2.50 bits per heavy atom. The third kappa shape index (κ3) is 1.33. The van der Waals surface area contributed by atoms with Crippen LogP contribution in [0.15, 0.2) is 42.5 Å². The summed E-state index contributed by atoms with van der Waals surface area (Å²) < 4.78 is 1.98. The molecule has 4 aromatic rings. The van der Waals surface area contributed by atoms with E-state index in [4.69, 9.17) is 4.98 Å². The van der Waals surface area contributed by atoms with E-state index in [1.165, 1.54) is 0 Å². The van der Waals surface area contributed by atoms with Crippen molar-refractivity contribution in [3.63, 3.8) is 0 Å². The number of benzene rings is 2. The normalized spacial score (nSPS) is 11.4. The smallest absolute Gasteiger partial charge is 0.160 e. The van der Waals surface area contributed by atoms with Gasteiger partial charge >= 0.3 is 0 Å². The number of para-hydroxylation sites is 2. The number of aldehydes is 1. The van der Waals surface area contributed by atoms with Crippen LogP contribution in [-0.2, 0) is 7.05 Å². The zero-order chi connectivity index (χ0) is 13.7. The number of carbonyl (C=O) groups is 1. The van der Waals surface area contributed by atoms with Crippen LogP contribution < -0.4 is 0 Å². The van der Waals surface area contributed by atoms with Gasteiger partial charge in [-0.25, -0.2) is 9.97 Å². The van der Waals surface area contributed by atoms with E-state index < -0.39 is 0 Å². The van der Waals surface area contributed by atoms with Crippen LogP contribution in [0.3, 0.4) is 0 Å². The summed E-state index contributed by atoms with van der Waals surface area (Å²) >= 11 is 0. The van der Waals surface area contributed by atoms with Gasteiger partial charge < -0.3 is 4.57 Å². The van der Waals surface area contributed by atoms with Crippen molar-refractivity contribution in [2.24, 2.45) is 7.05 Å². The molecule has 4 heteroatoms. The second-order valence-electron chi connectivity index (χ2n) is 4.80. The quantitative estimate of drug-likeness (QED) is 0.495. The van der Waals surface area contributed by atoms with E-state index in [1.807, 2.05) is 54.1 Å². The molecule has 0 bridgehead atoms.